The second-order valence-corrected chi connectivity index (χ2v) is 7.52. The Morgan fingerprint density at radius 3 is 2.67 bits per heavy atom. The number of rotatable bonds is 4. The fourth-order valence-corrected chi connectivity index (χ4v) is 3.81. The van der Waals surface area contributed by atoms with E-state index in [2.05, 4.69) is 5.10 Å². The number of amides is 1. The molecule has 1 N–H and O–H groups in total. The molecule has 6 nitrogen and oxygen atoms in total. The highest BCUT2D eigenvalue weighted by molar-refractivity contribution is 6.31. The van der Waals surface area contributed by atoms with Crippen molar-refractivity contribution in [1.82, 2.24) is 14.7 Å². The van der Waals surface area contributed by atoms with Crippen molar-refractivity contribution >= 4 is 23.5 Å². The molecule has 1 aromatic carbocycles. The zero-order valence-corrected chi connectivity index (χ0v) is 16.6. The Kier molecular flexibility index (Phi) is 5.56. The first-order valence-corrected chi connectivity index (χ1v) is 9.51. The lowest BCUT2D eigenvalue weighted by atomic mass is 10.0. The number of likely N-dealkylation sites (tertiary alicyclic amines) is 1. The summed E-state index contributed by atoms with van der Waals surface area (Å²) in [6.45, 7) is 6.22. The summed E-state index contributed by atoms with van der Waals surface area (Å²) in [7, 11) is 0. The Hall–Kier alpha value is -2.34. The fraction of sp³-hybridized carbons (Fsp3) is 0.450. The number of halogens is 1. The number of carbonyl (C=O) groups excluding carboxylic acids is 1. The van der Waals surface area contributed by atoms with Crippen molar-refractivity contribution in [1.29, 1.82) is 0 Å². The molecule has 2 aromatic rings. The zero-order valence-electron chi connectivity index (χ0n) is 15.8. The molecule has 1 aromatic heterocycles. The number of hydrogen-bond donors (Lipinski definition) is 1. The molecule has 7 heteroatoms. The van der Waals surface area contributed by atoms with Gasteiger partial charge in [-0.05, 0) is 57.7 Å². The molecule has 1 amide bonds. The summed E-state index contributed by atoms with van der Waals surface area (Å²) < 4.78 is 1.79. The van der Waals surface area contributed by atoms with Crippen LogP contribution in [0.4, 0.5) is 0 Å². The third kappa shape index (κ3) is 3.86. The molecule has 1 atom stereocenters. The van der Waals surface area contributed by atoms with Gasteiger partial charge in [0.2, 0.25) is 5.91 Å². The van der Waals surface area contributed by atoms with Crippen LogP contribution in [0.25, 0.3) is 5.69 Å². The van der Waals surface area contributed by atoms with E-state index in [-0.39, 0.29) is 12.3 Å². The molecular weight excluding hydrogens is 366 g/mol. The minimum Gasteiger partial charge on any atom is -0.480 e. The molecule has 0 spiro atoms. The lowest BCUT2D eigenvalue weighted by Gasteiger charge is -2.33. The van der Waals surface area contributed by atoms with E-state index >= 15 is 0 Å². The van der Waals surface area contributed by atoms with Gasteiger partial charge in [-0.1, -0.05) is 17.7 Å². The first-order chi connectivity index (χ1) is 12.8. The smallest absolute Gasteiger partial charge is 0.326 e. The van der Waals surface area contributed by atoms with Crippen molar-refractivity contribution in [2.45, 2.75) is 52.5 Å². The average molecular weight is 390 g/mol. The average Bonchev–Trinajstić information content (AvgIpc) is 2.92. The minimum absolute atomic E-state index is 0.154. The van der Waals surface area contributed by atoms with Gasteiger partial charge in [0.1, 0.15) is 6.04 Å². The molecule has 144 valence electrons. The van der Waals surface area contributed by atoms with Crippen molar-refractivity contribution < 1.29 is 14.7 Å². The third-order valence-electron chi connectivity index (χ3n) is 5.28. The summed E-state index contributed by atoms with van der Waals surface area (Å²) >= 11 is 6.24. The molecule has 2 heterocycles. The SMILES string of the molecule is Cc1ccc(-n2nc(C)c(CC(=O)N3CCCCC3C(=O)O)c2C)cc1Cl. The molecule has 0 saturated carbocycles. The number of carboxylic acid groups (broad SMARTS) is 1. The molecule has 1 aliphatic rings. The van der Waals surface area contributed by atoms with Crippen LogP contribution >= 0.6 is 11.6 Å². The summed E-state index contributed by atoms with van der Waals surface area (Å²) in [5.74, 6) is -1.09. The van der Waals surface area contributed by atoms with Crippen molar-refractivity contribution in [3.8, 4) is 5.69 Å². The van der Waals surface area contributed by atoms with E-state index in [1.54, 1.807) is 4.68 Å². The fourth-order valence-electron chi connectivity index (χ4n) is 3.64. The number of hydrogen-bond acceptors (Lipinski definition) is 3. The Balaban J connectivity index is 1.87. The maximum atomic E-state index is 12.8. The van der Waals surface area contributed by atoms with E-state index < -0.39 is 12.0 Å². The predicted octanol–water partition coefficient (Wildman–Crippen LogP) is 3.46. The molecular formula is C20H24ClN3O3. The summed E-state index contributed by atoms with van der Waals surface area (Å²) in [5, 5.41) is 14.6. The van der Waals surface area contributed by atoms with E-state index in [1.165, 1.54) is 4.90 Å². The number of carbonyl (C=O) groups is 2. The van der Waals surface area contributed by atoms with Crippen LogP contribution < -0.4 is 0 Å². The van der Waals surface area contributed by atoms with Crippen LogP contribution in [0.1, 0.15) is 41.8 Å². The highest BCUT2D eigenvalue weighted by Gasteiger charge is 2.32. The molecule has 1 saturated heterocycles. The van der Waals surface area contributed by atoms with Crippen LogP contribution in [-0.2, 0) is 16.0 Å². The lowest BCUT2D eigenvalue weighted by molar-refractivity contribution is -0.151. The maximum Gasteiger partial charge on any atom is 0.326 e. The molecule has 27 heavy (non-hydrogen) atoms. The van der Waals surface area contributed by atoms with E-state index in [1.807, 2.05) is 39.0 Å². The van der Waals surface area contributed by atoms with Gasteiger partial charge in [0.05, 0.1) is 17.8 Å². The maximum absolute atomic E-state index is 12.8. The molecule has 0 radical (unpaired) electrons. The van der Waals surface area contributed by atoms with Gasteiger partial charge in [-0.25, -0.2) is 9.48 Å². The lowest BCUT2D eigenvalue weighted by Crippen LogP contribution is -2.48. The van der Waals surface area contributed by atoms with Crippen molar-refractivity contribution in [2.24, 2.45) is 0 Å². The van der Waals surface area contributed by atoms with Gasteiger partial charge in [0.15, 0.2) is 0 Å². The largest absolute Gasteiger partial charge is 0.480 e. The molecule has 0 bridgehead atoms. The number of nitrogens with zero attached hydrogens (tertiary/aromatic N) is 3. The first-order valence-electron chi connectivity index (χ1n) is 9.13. The molecule has 1 fully saturated rings. The van der Waals surface area contributed by atoms with Crippen LogP contribution in [0.2, 0.25) is 5.02 Å². The van der Waals surface area contributed by atoms with Gasteiger partial charge in [-0.15, -0.1) is 0 Å². The topological polar surface area (TPSA) is 75.4 Å². The quantitative estimate of drug-likeness (QED) is 0.868. The van der Waals surface area contributed by atoms with Gasteiger partial charge in [0.25, 0.3) is 0 Å². The van der Waals surface area contributed by atoms with Crippen LogP contribution in [0.5, 0.6) is 0 Å². The van der Waals surface area contributed by atoms with Crippen molar-refractivity contribution in [3.63, 3.8) is 0 Å². The Bertz CT molecular complexity index is 891. The van der Waals surface area contributed by atoms with Crippen LogP contribution in [0, 0.1) is 20.8 Å². The van der Waals surface area contributed by atoms with E-state index in [0.717, 1.165) is 41.0 Å². The highest BCUT2D eigenvalue weighted by atomic mass is 35.5. The third-order valence-corrected chi connectivity index (χ3v) is 5.68. The molecule has 0 aliphatic carbocycles. The second kappa shape index (κ2) is 7.72. The number of benzene rings is 1. The summed E-state index contributed by atoms with van der Waals surface area (Å²) in [6, 6.07) is 5.01. The second-order valence-electron chi connectivity index (χ2n) is 7.11. The van der Waals surface area contributed by atoms with Crippen molar-refractivity contribution in [3.05, 3.63) is 45.7 Å². The van der Waals surface area contributed by atoms with Crippen LogP contribution in [0.15, 0.2) is 18.2 Å². The van der Waals surface area contributed by atoms with E-state index in [4.69, 9.17) is 11.6 Å². The van der Waals surface area contributed by atoms with E-state index in [9.17, 15) is 14.7 Å². The monoisotopic (exact) mass is 389 g/mol. The van der Waals surface area contributed by atoms with Gasteiger partial charge < -0.3 is 10.0 Å². The Labute approximate surface area is 163 Å². The minimum atomic E-state index is -0.929. The Morgan fingerprint density at radius 1 is 1.26 bits per heavy atom. The summed E-state index contributed by atoms with van der Waals surface area (Å²) in [4.78, 5) is 25.8. The predicted molar refractivity (Wildman–Crippen MR) is 103 cm³/mol. The zero-order chi connectivity index (χ0) is 19.7. The summed E-state index contributed by atoms with van der Waals surface area (Å²) in [6.07, 6.45) is 2.35. The number of aromatic nitrogens is 2. The number of aliphatic carboxylic acids is 1. The van der Waals surface area contributed by atoms with Gasteiger partial charge in [-0.3, -0.25) is 4.79 Å². The molecule has 3 rings (SSSR count). The van der Waals surface area contributed by atoms with Gasteiger partial charge in [0, 0.05) is 22.8 Å². The van der Waals surface area contributed by atoms with Crippen LogP contribution in [0.3, 0.4) is 0 Å². The normalized spacial score (nSPS) is 17.2. The first kappa shape index (κ1) is 19.4. The molecule has 1 aliphatic heterocycles. The van der Waals surface area contributed by atoms with E-state index in [0.29, 0.717) is 18.0 Å². The highest BCUT2D eigenvalue weighted by Crippen LogP contribution is 2.24. The van der Waals surface area contributed by atoms with Crippen LogP contribution in [-0.4, -0.2) is 44.3 Å². The molecule has 1 unspecified atom stereocenters. The summed E-state index contributed by atoms with van der Waals surface area (Å²) in [5.41, 5.74) is 4.30. The van der Waals surface area contributed by atoms with Crippen molar-refractivity contribution in [2.75, 3.05) is 6.54 Å². The number of carboxylic acids is 1. The Morgan fingerprint density at radius 2 is 2.00 bits per heavy atom. The van der Waals surface area contributed by atoms with Gasteiger partial charge >= 0.3 is 5.97 Å². The standard InChI is InChI=1S/C20H24ClN3O3/c1-12-7-8-15(10-17(12)21)24-14(3)16(13(2)22-24)11-19(25)23-9-5-4-6-18(23)20(26)27/h7-8,10,18H,4-6,9,11H2,1-3H3,(H,26,27). The number of aryl methyl sites for hydroxylation is 2. The van der Waals surface area contributed by atoms with Gasteiger partial charge in [-0.2, -0.15) is 5.10 Å². The number of piperidine rings is 1.